The minimum atomic E-state index is -0.422. The monoisotopic (exact) mass is 149 g/mol. The van der Waals surface area contributed by atoms with E-state index in [1.165, 1.54) is 0 Å². The van der Waals surface area contributed by atoms with Crippen LogP contribution in [-0.2, 0) is 4.74 Å². The molecule has 0 saturated carbocycles. The van der Waals surface area contributed by atoms with Gasteiger partial charge in [-0.15, -0.1) is 12.6 Å². The number of thiol groups is 1. The minimum Gasteiger partial charge on any atom is -0.352 e. The summed E-state index contributed by atoms with van der Waals surface area (Å²) in [5.74, 6) is 0. The van der Waals surface area contributed by atoms with Crippen molar-refractivity contribution in [2.45, 2.75) is 18.9 Å². The molecule has 0 heterocycles. The number of hydrogen-bond donors (Lipinski definition) is 1. The van der Waals surface area contributed by atoms with Gasteiger partial charge in [0.15, 0.2) is 5.06 Å². The first-order valence-electron chi connectivity index (χ1n) is 3.04. The maximum Gasteiger partial charge on any atom is 0.163 e. The fourth-order valence-corrected chi connectivity index (χ4v) is 0.532. The van der Waals surface area contributed by atoms with Crippen LogP contribution in [0.4, 0.5) is 0 Å². The summed E-state index contributed by atoms with van der Waals surface area (Å²) in [5.41, 5.74) is 0. The van der Waals surface area contributed by atoms with Crippen LogP contribution < -0.4 is 0 Å². The summed E-state index contributed by atoms with van der Waals surface area (Å²) >= 11 is 4.27. The number of rotatable bonds is 3. The van der Waals surface area contributed by atoms with Gasteiger partial charge in [0.05, 0.1) is 0 Å². The zero-order valence-corrected chi connectivity index (χ0v) is 7.40. The molecule has 0 aliphatic heterocycles. The number of ether oxygens (including phenoxy) is 1. The standard InChI is InChI=1S/C6H15NOS/c1-5-8-6(2,9)7(3)4/h9H,5H2,1-4H3. The van der Waals surface area contributed by atoms with E-state index in [2.05, 4.69) is 12.6 Å². The van der Waals surface area contributed by atoms with Crippen molar-refractivity contribution in [2.75, 3.05) is 20.7 Å². The van der Waals surface area contributed by atoms with Crippen molar-refractivity contribution >= 4 is 12.6 Å². The molecule has 0 saturated heterocycles. The van der Waals surface area contributed by atoms with Gasteiger partial charge in [-0.1, -0.05) is 0 Å². The minimum absolute atomic E-state index is 0.422. The molecule has 0 aliphatic rings. The third-order valence-corrected chi connectivity index (χ3v) is 1.78. The van der Waals surface area contributed by atoms with E-state index in [1.54, 1.807) is 0 Å². The lowest BCUT2D eigenvalue weighted by Gasteiger charge is -2.30. The zero-order chi connectivity index (χ0) is 7.49. The Labute approximate surface area is 62.6 Å². The Morgan fingerprint density at radius 3 is 2.11 bits per heavy atom. The van der Waals surface area contributed by atoms with Crippen LogP contribution in [-0.4, -0.2) is 30.7 Å². The van der Waals surface area contributed by atoms with E-state index in [1.807, 2.05) is 32.8 Å². The molecule has 0 fully saturated rings. The molecule has 0 spiro atoms. The van der Waals surface area contributed by atoms with Crippen LogP contribution in [0.3, 0.4) is 0 Å². The molecule has 1 unspecified atom stereocenters. The molecule has 0 rings (SSSR count). The van der Waals surface area contributed by atoms with Crippen LogP contribution in [0.2, 0.25) is 0 Å². The molecule has 1 atom stereocenters. The molecule has 0 aromatic carbocycles. The second-order valence-electron chi connectivity index (χ2n) is 2.26. The summed E-state index contributed by atoms with van der Waals surface area (Å²) in [6.07, 6.45) is 0. The molecule has 9 heavy (non-hydrogen) atoms. The first kappa shape index (κ1) is 9.27. The van der Waals surface area contributed by atoms with Gasteiger partial charge in [0.1, 0.15) is 0 Å². The molecule has 3 heteroatoms. The van der Waals surface area contributed by atoms with Crippen LogP contribution in [0.5, 0.6) is 0 Å². The van der Waals surface area contributed by atoms with Crippen molar-refractivity contribution in [3.05, 3.63) is 0 Å². The van der Waals surface area contributed by atoms with E-state index in [4.69, 9.17) is 4.74 Å². The predicted molar refractivity (Wildman–Crippen MR) is 42.7 cm³/mol. The molecule has 0 N–H and O–H groups in total. The van der Waals surface area contributed by atoms with E-state index >= 15 is 0 Å². The number of nitrogens with zero attached hydrogens (tertiary/aromatic N) is 1. The summed E-state index contributed by atoms with van der Waals surface area (Å²) in [6.45, 7) is 4.57. The quantitative estimate of drug-likeness (QED) is 0.478. The highest BCUT2D eigenvalue weighted by molar-refractivity contribution is 7.81. The maximum atomic E-state index is 5.28. The maximum absolute atomic E-state index is 5.28. The number of hydrogen-bond acceptors (Lipinski definition) is 3. The van der Waals surface area contributed by atoms with Crippen molar-refractivity contribution in [1.82, 2.24) is 4.90 Å². The van der Waals surface area contributed by atoms with E-state index in [9.17, 15) is 0 Å². The molecule has 0 amide bonds. The molecule has 0 aromatic rings. The topological polar surface area (TPSA) is 12.5 Å². The van der Waals surface area contributed by atoms with Gasteiger partial charge < -0.3 is 4.74 Å². The SMILES string of the molecule is CCOC(C)(S)N(C)C. The van der Waals surface area contributed by atoms with Gasteiger partial charge >= 0.3 is 0 Å². The largest absolute Gasteiger partial charge is 0.352 e. The highest BCUT2D eigenvalue weighted by atomic mass is 32.1. The highest BCUT2D eigenvalue weighted by Gasteiger charge is 2.20. The highest BCUT2D eigenvalue weighted by Crippen LogP contribution is 2.16. The first-order valence-corrected chi connectivity index (χ1v) is 3.49. The Kier molecular flexibility index (Phi) is 3.54. The Morgan fingerprint density at radius 2 is 2.00 bits per heavy atom. The first-order chi connectivity index (χ1) is 4.00. The van der Waals surface area contributed by atoms with Gasteiger partial charge in [-0.2, -0.15) is 0 Å². The summed E-state index contributed by atoms with van der Waals surface area (Å²) in [5, 5.41) is -0.422. The third-order valence-electron chi connectivity index (χ3n) is 1.25. The van der Waals surface area contributed by atoms with Gasteiger partial charge in [-0.25, -0.2) is 0 Å². The van der Waals surface area contributed by atoms with Crippen molar-refractivity contribution in [2.24, 2.45) is 0 Å². The predicted octanol–water partition coefficient (Wildman–Crippen LogP) is 1.19. The molecule has 0 aliphatic carbocycles. The molecule has 0 bridgehead atoms. The Morgan fingerprint density at radius 1 is 1.56 bits per heavy atom. The van der Waals surface area contributed by atoms with Crippen LogP contribution in [0, 0.1) is 0 Å². The Bertz CT molecular complexity index is 83.1. The molecule has 0 radical (unpaired) electrons. The van der Waals surface area contributed by atoms with Crippen LogP contribution in [0.25, 0.3) is 0 Å². The second-order valence-corrected chi connectivity index (χ2v) is 3.09. The summed E-state index contributed by atoms with van der Waals surface area (Å²) in [4.78, 5) is 1.92. The second kappa shape index (κ2) is 3.44. The van der Waals surface area contributed by atoms with Gasteiger partial charge in [-0.3, -0.25) is 4.90 Å². The molecular weight excluding hydrogens is 134 g/mol. The zero-order valence-electron chi connectivity index (χ0n) is 6.51. The molecule has 0 aromatic heterocycles. The van der Waals surface area contributed by atoms with E-state index < -0.39 is 5.06 Å². The Balaban J connectivity index is 3.70. The smallest absolute Gasteiger partial charge is 0.163 e. The normalized spacial score (nSPS) is 18.0. The van der Waals surface area contributed by atoms with Crippen LogP contribution >= 0.6 is 12.6 Å². The van der Waals surface area contributed by atoms with Gasteiger partial charge in [0, 0.05) is 6.61 Å². The average Bonchev–Trinajstić information content (AvgIpc) is 1.65. The van der Waals surface area contributed by atoms with E-state index in [0.29, 0.717) is 6.61 Å². The van der Waals surface area contributed by atoms with E-state index in [0.717, 1.165) is 0 Å². The Hall–Kier alpha value is 0.270. The third kappa shape index (κ3) is 3.08. The molecule has 56 valence electrons. The molecular formula is C6H15NOS. The summed E-state index contributed by atoms with van der Waals surface area (Å²) in [6, 6.07) is 0. The lowest BCUT2D eigenvalue weighted by Crippen LogP contribution is -2.38. The van der Waals surface area contributed by atoms with Crippen LogP contribution in [0.1, 0.15) is 13.8 Å². The fourth-order valence-electron chi connectivity index (χ4n) is 0.403. The average molecular weight is 149 g/mol. The van der Waals surface area contributed by atoms with Gasteiger partial charge in [0.25, 0.3) is 0 Å². The van der Waals surface area contributed by atoms with Crippen molar-refractivity contribution < 1.29 is 4.74 Å². The molecule has 2 nitrogen and oxygen atoms in total. The van der Waals surface area contributed by atoms with E-state index in [-0.39, 0.29) is 0 Å². The van der Waals surface area contributed by atoms with Gasteiger partial charge in [-0.05, 0) is 27.9 Å². The van der Waals surface area contributed by atoms with Crippen molar-refractivity contribution in [3.63, 3.8) is 0 Å². The summed E-state index contributed by atoms with van der Waals surface area (Å²) in [7, 11) is 3.87. The van der Waals surface area contributed by atoms with Crippen molar-refractivity contribution in [3.8, 4) is 0 Å². The lowest BCUT2D eigenvalue weighted by atomic mass is 10.6. The fraction of sp³-hybridized carbons (Fsp3) is 1.00. The lowest BCUT2D eigenvalue weighted by molar-refractivity contribution is -0.0445. The van der Waals surface area contributed by atoms with Crippen LogP contribution in [0.15, 0.2) is 0 Å². The van der Waals surface area contributed by atoms with Gasteiger partial charge in [0.2, 0.25) is 0 Å². The van der Waals surface area contributed by atoms with Crippen molar-refractivity contribution in [1.29, 1.82) is 0 Å². The summed E-state index contributed by atoms with van der Waals surface area (Å²) < 4.78 is 5.28.